The number of hydrogen-bond acceptors (Lipinski definition) is 7. The molecule has 0 bridgehead atoms. The molecule has 2 heterocycles. The first kappa shape index (κ1) is 29.7. The Labute approximate surface area is 224 Å². The molecule has 1 fully saturated rings. The summed E-state index contributed by atoms with van der Waals surface area (Å²) in [5.74, 6) is -1.38. The number of benzene rings is 1. The summed E-state index contributed by atoms with van der Waals surface area (Å²) in [5.41, 5.74) is 2.38. The molecule has 3 rings (SSSR count). The second-order valence-corrected chi connectivity index (χ2v) is 12.5. The van der Waals surface area contributed by atoms with Gasteiger partial charge < -0.3 is 14.4 Å². The van der Waals surface area contributed by atoms with Gasteiger partial charge in [-0.3, -0.25) is 4.79 Å². The smallest absolute Gasteiger partial charge is 0.239 e. The number of carbonyl (C=O) groups excluding carboxylic acids is 1. The predicted octanol–water partition coefficient (Wildman–Crippen LogP) is 4.20. The number of sulfonamides is 1. The topological polar surface area (TPSA) is 102 Å². The van der Waals surface area contributed by atoms with Crippen molar-refractivity contribution in [2.24, 2.45) is 0 Å². The van der Waals surface area contributed by atoms with Crippen LogP contribution in [0.25, 0.3) is 17.3 Å². The molecule has 208 valence electrons. The molecule has 1 aromatic heterocycles. The van der Waals surface area contributed by atoms with Gasteiger partial charge in [0.05, 0.1) is 36.3 Å². The van der Waals surface area contributed by atoms with Crippen molar-refractivity contribution in [2.75, 3.05) is 31.7 Å². The van der Waals surface area contributed by atoms with Crippen LogP contribution in [0.3, 0.4) is 0 Å². The largest absolute Gasteiger partial charge is 0.349 e. The SMILES string of the molecule is CC(C)c1nc(N(C)S(C)(=O)=O)nc(-c2ccc(F)cc2)c1C=C[C@@H]1C[C@H](CC(=O)N(C)C)OC(C)(C)O1. The molecule has 1 aliphatic heterocycles. The van der Waals surface area contributed by atoms with E-state index < -0.39 is 21.6 Å². The fourth-order valence-electron chi connectivity index (χ4n) is 4.17. The molecule has 1 amide bonds. The van der Waals surface area contributed by atoms with Gasteiger partial charge in [-0.15, -0.1) is 0 Å². The molecule has 2 aromatic rings. The summed E-state index contributed by atoms with van der Waals surface area (Å²) in [6.07, 6.45) is 4.84. The number of hydrogen-bond donors (Lipinski definition) is 0. The molecule has 0 saturated carbocycles. The summed E-state index contributed by atoms with van der Waals surface area (Å²) in [6.45, 7) is 7.52. The normalized spacial score (nSPS) is 19.6. The lowest BCUT2D eigenvalue weighted by atomic mass is 9.97. The molecule has 0 unspecified atom stereocenters. The molecule has 0 spiro atoms. The summed E-state index contributed by atoms with van der Waals surface area (Å²) >= 11 is 0. The summed E-state index contributed by atoms with van der Waals surface area (Å²) in [4.78, 5) is 23.0. The zero-order chi connectivity index (χ0) is 28.4. The Morgan fingerprint density at radius 1 is 1.16 bits per heavy atom. The van der Waals surface area contributed by atoms with Crippen molar-refractivity contribution in [3.8, 4) is 11.3 Å². The van der Waals surface area contributed by atoms with Crippen LogP contribution in [0.2, 0.25) is 0 Å². The van der Waals surface area contributed by atoms with Crippen molar-refractivity contribution in [1.82, 2.24) is 14.9 Å². The molecule has 0 radical (unpaired) electrons. The second-order valence-electron chi connectivity index (χ2n) is 10.4. The number of nitrogens with zero attached hydrogens (tertiary/aromatic N) is 4. The van der Waals surface area contributed by atoms with Crippen LogP contribution >= 0.6 is 0 Å². The second kappa shape index (κ2) is 11.5. The quantitative estimate of drug-likeness (QED) is 0.487. The van der Waals surface area contributed by atoms with Crippen LogP contribution in [0.5, 0.6) is 0 Å². The Kier molecular flexibility index (Phi) is 8.95. The third kappa shape index (κ3) is 7.36. The van der Waals surface area contributed by atoms with E-state index in [-0.39, 0.29) is 36.4 Å². The van der Waals surface area contributed by atoms with Gasteiger partial charge in [-0.25, -0.2) is 27.1 Å². The van der Waals surface area contributed by atoms with E-state index in [2.05, 4.69) is 9.97 Å². The fourth-order valence-corrected chi connectivity index (χ4v) is 4.55. The maximum absolute atomic E-state index is 13.7. The van der Waals surface area contributed by atoms with Crippen LogP contribution in [0.4, 0.5) is 10.3 Å². The van der Waals surface area contributed by atoms with Gasteiger partial charge in [-0.2, -0.15) is 0 Å². The van der Waals surface area contributed by atoms with Gasteiger partial charge in [0.1, 0.15) is 5.82 Å². The molecule has 9 nitrogen and oxygen atoms in total. The molecule has 38 heavy (non-hydrogen) atoms. The first-order valence-electron chi connectivity index (χ1n) is 12.4. The highest BCUT2D eigenvalue weighted by molar-refractivity contribution is 7.92. The molecular formula is C27H37FN4O5S. The average molecular weight is 549 g/mol. The van der Waals surface area contributed by atoms with Crippen molar-refractivity contribution in [3.05, 3.63) is 47.4 Å². The molecule has 1 saturated heterocycles. The third-order valence-electron chi connectivity index (χ3n) is 6.17. The van der Waals surface area contributed by atoms with Crippen molar-refractivity contribution in [2.45, 2.75) is 64.4 Å². The van der Waals surface area contributed by atoms with Crippen LogP contribution in [-0.2, 0) is 24.3 Å². The predicted molar refractivity (Wildman–Crippen MR) is 146 cm³/mol. The van der Waals surface area contributed by atoms with Crippen molar-refractivity contribution in [3.63, 3.8) is 0 Å². The lowest BCUT2D eigenvalue weighted by Gasteiger charge is -2.40. The van der Waals surface area contributed by atoms with Crippen LogP contribution < -0.4 is 4.31 Å². The average Bonchev–Trinajstić information content (AvgIpc) is 2.80. The molecule has 2 atom stereocenters. The summed E-state index contributed by atoms with van der Waals surface area (Å²) in [6, 6.07) is 5.85. The van der Waals surface area contributed by atoms with Crippen LogP contribution in [-0.4, -0.2) is 74.6 Å². The van der Waals surface area contributed by atoms with Gasteiger partial charge in [-0.05, 0) is 44.0 Å². The van der Waals surface area contributed by atoms with E-state index in [4.69, 9.17) is 9.47 Å². The molecular weight excluding hydrogens is 511 g/mol. The van der Waals surface area contributed by atoms with Gasteiger partial charge in [-0.1, -0.05) is 26.0 Å². The first-order valence-corrected chi connectivity index (χ1v) is 14.3. The van der Waals surface area contributed by atoms with Gasteiger partial charge in [0, 0.05) is 38.7 Å². The van der Waals surface area contributed by atoms with Crippen molar-refractivity contribution in [1.29, 1.82) is 0 Å². The van der Waals surface area contributed by atoms with Gasteiger partial charge in [0.2, 0.25) is 21.9 Å². The Morgan fingerprint density at radius 3 is 2.34 bits per heavy atom. The monoisotopic (exact) mass is 548 g/mol. The highest BCUT2D eigenvalue weighted by Gasteiger charge is 2.35. The summed E-state index contributed by atoms with van der Waals surface area (Å²) < 4.78 is 51.4. The highest BCUT2D eigenvalue weighted by atomic mass is 32.2. The number of carbonyl (C=O) groups is 1. The molecule has 0 N–H and O–H groups in total. The molecule has 1 aromatic carbocycles. The Balaban J connectivity index is 2.09. The highest BCUT2D eigenvalue weighted by Crippen LogP contribution is 2.34. The number of anilines is 1. The number of ether oxygens (including phenoxy) is 2. The van der Waals surface area contributed by atoms with Crippen LogP contribution in [0.1, 0.15) is 57.7 Å². The summed E-state index contributed by atoms with van der Waals surface area (Å²) in [7, 11) is 1.19. The number of halogens is 1. The third-order valence-corrected chi connectivity index (χ3v) is 7.32. The number of aromatic nitrogens is 2. The van der Waals surface area contributed by atoms with E-state index in [0.717, 1.165) is 10.6 Å². The minimum atomic E-state index is -3.62. The van der Waals surface area contributed by atoms with Crippen LogP contribution in [0, 0.1) is 5.82 Å². The summed E-state index contributed by atoms with van der Waals surface area (Å²) in [5, 5.41) is 0. The number of rotatable bonds is 8. The van der Waals surface area contributed by atoms with Crippen LogP contribution in [0.15, 0.2) is 30.3 Å². The van der Waals surface area contributed by atoms with Gasteiger partial charge >= 0.3 is 0 Å². The Morgan fingerprint density at radius 2 is 1.79 bits per heavy atom. The van der Waals surface area contributed by atoms with E-state index >= 15 is 0 Å². The fraction of sp³-hybridized carbons (Fsp3) is 0.519. The van der Waals surface area contributed by atoms with E-state index in [9.17, 15) is 17.6 Å². The van der Waals surface area contributed by atoms with Gasteiger partial charge in [0.15, 0.2) is 5.79 Å². The Hall–Kier alpha value is -2.89. The maximum Gasteiger partial charge on any atom is 0.239 e. The lowest BCUT2D eigenvalue weighted by molar-refractivity contribution is -0.289. The zero-order valence-electron chi connectivity index (χ0n) is 23.2. The first-order chi connectivity index (χ1) is 17.6. The molecule has 11 heteroatoms. The van der Waals surface area contributed by atoms with E-state index in [0.29, 0.717) is 28.9 Å². The molecule has 0 aliphatic carbocycles. The maximum atomic E-state index is 13.7. The standard InChI is InChI=1S/C27H37FN4O5S/c1-17(2)24-22(14-13-20-15-21(16-23(33)31(5)6)37-27(3,4)36-20)25(18-9-11-19(28)12-10-18)30-26(29-24)32(7)38(8,34)35/h9-14,17,20-21H,15-16H2,1-8H3/t20-,21-/m1/s1. The lowest BCUT2D eigenvalue weighted by Crippen LogP contribution is -2.45. The Bertz CT molecular complexity index is 1290. The van der Waals surface area contributed by atoms with E-state index in [1.807, 2.05) is 39.8 Å². The van der Waals surface area contributed by atoms with Crippen molar-refractivity contribution >= 4 is 28.0 Å². The van der Waals surface area contributed by atoms with Crippen molar-refractivity contribution < 1.29 is 27.1 Å². The van der Waals surface area contributed by atoms with E-state index in [1.54, 1.807) is 26.2 Å². The minimum Gasteiger partial charge on any atom is -0.349 e. The molecule has 1 aliphatic rings. The number of amides is 1. The minimum absolute atomic E-state index is 0.0263. The van der Waals surface area contributed by atoms with Gasteiger partial charge in [0.25, 0.3) is 0 Å². The zero-order valence-corrected chi connectivity index (χ0v) is 24.0. The van der Waals surface area contributed by atoms with E-state index in [1.165, 1.54) is 24.1 Å².